The lowest BCUT2D eigenvalue weighted by Gasteiger charge is -2.00. The number of hydrogen-bond donors (Lipinski definition) is 0. The van der Waals surface area contributed by atoms with E-state index in [0.29, 0.717) is 5.90 Å². The second-order valence-electron chi connectivity index (χ2n) is 3.23. The molecule has 2 rings (SSSR count). The SMILES string of the molecule is CO/C(=N\[n+]1ccccc1)c1ccccc1. The Morgan fingerprint density at radius 1 is 1.00 bits per heavy atom. The molecule has 80 valence electrons. The first-order chi connectivity index (χ1) is 7.90. The van der Waals surface area contributed by atoms with Crippen LogP contribution in [0.25, 0.3) is 0 Å². The largest absolute Gasteiger partial charge is 0.477 e. The van der Waals surface area contributed by atoms with Crippen LogP contribution in [0.3, 0.4) is 0 Å². The van der Waals surface area contributed by atoms with Crippen LogP contribution in [0.4, 0.5) is 0 Å². The van der Waals surface area contributed by atoms with E-state index < -0.39 is 0 Å². The Balaban J connectivity index is 2.34. The van der Waals surface area contributed by atoms with Crippen LogP contribution in [0.1, 0.15) is 5.56 Å². The summed E-state index contributed by atoms with van der Waals surface area (Å²) >= 11 is 0. The zero-order valence-corrected chi connectivity index (χ0v) is 9.08. The molecule has 0 aliphatic carbocycles. The minimum atomic E-state index is 0.594. The van der Waals surface area contributed by atoms with Crippen molar-refractivity contribution in [3.63, 3.8) is 0 Å². The van der Waals surface area contributed by atoms with Crippen molar-refractivity contribution in [2.75, 3.05) is 7.11 Å². The number of pyridine rings is 1. The minimum absolute atomic E-state index is 0.594. The Hall–Kier alpha value is -2.16. The van der Waals surface area contributed by atoms with Gasteiger partial charge in [0.05, 0.1) is 7.11 Å². The van der Waals surface area contributed by atoms with E-state index in [0.717, 1.165) is 5.56 Å². The first-order valence-electron chi connectivity index (χ1n) is 5.05. The molecule has 0 saturated carbocycles. The number of hydrogen-bond acceptors (Lipinski definition) is 2. The highest BCUT2D eigenvalue weighted by Crippen LogP contribution is 2.00. The van der Waals surface area contributed by atoms with Gasteiger partial charge in [-0.25, -0.2) is 0 Å². The molecule has 0 saturated heterocycles. The summed E-state index contributed by atoms with van der Waals surface area (Å²) in [7, 11) is 1.62. The quantitative estimate of drug-likeness (QED) is 0.424. The van der Waals surface area contributed by atoms with Crippen LogP contribution in [-0.4, -0.2) is 13.0 Å². The fourth-order valence-electron chi connectivity index (χ4n) is 1.36. The molecule has 1 aromatic heterocycles. The summed E-state index contributed by atoms with van der Waals surface area (Å²) in [6.07, 6.45) is 3.73. The average molecular weight is 213 g/mol. The van der Waals surface area contributed by atoms with Crippen molar-refractivity contribution >= 4 is 5.90 Å². The van der Waals surface area contributed by atoms with Gasteiger partial charge in [-0.05, 0) is 12.1 Å². The van der Waals surface area contributed by atoms with Gasteiger partial charge in [0.1, 0.15) is 0 Å². The maximum Gasteiger partial charge on any atom is 0.286 e. The smallest absolute Gasteiger partial charge is 0.286 e. The molecule has 3 nitrogen and oxygen atoms in total. The molecule has 1 heterocycles. The summed E-state index contributed by atoms with van der Waals surface area (Å²) in [6, 6.07) is 15.6. The predicted molar refractivity (Wildman–Crippen MR) is 62.0 cm³/mol. The third-order valence-electron chi connectivity index (χ3n) is 2.12. The van der Waals surface area contributed by atoms with E-state index in [2.05, 4.69) is 5.10 Å². The average Bonchev–Trinajstić information content (AvgIpc) is 2.38. The number of methoxy groups -OCH3 is 1. The summed E-state index contributed by atoms with van der Waals surface area (Å²) < 4.78 is 6.98. The Morgan fingerprint density at radius 2 is 1.62 bits per heavy atom. The van der Waals surface area contributed by atoms with Crippen LogP contribution < -0.4 is 4.68 Å². The van der Waals surface area contributed by atoms with E-state index in [1.165, 1.54) is 0 Å². The van der Waals surface area contributed by atoms with Gasteiger partial charge in [0, 0.05) is 22.8 Å². The first kappa shape index (κ1) is 10.4. The zero-order chi connectivity index (χ0) is 11.2. The maximum absolute atomic E-state index is 5.27. The van der Waals surface area contributed by atoms with E-state index >= 15 is 0 Å². The van der Waals surface area contributed by atoms with Gasteiger partial charge >= 0.3 is 0 Å². The van der Waals surface area contributed by atoms with Crippen molar-refractivity contribution in [2.24, 2.45) is 5.10 Å². The minimum Gasteiger partial charge on any atom is -0.477 e. The highest BCUT2D eigenvalue weighted by atomic mass is 16.5. The van der Waals surface area contributed by atoms with Gasteiger partial charge in [-0.2, -0.15) is 0 Å². The molecule has 0 bridgehead atoms. The third-order valence-corrected chi connectivity index (χ3v) is 2.12. The van der Waals surface area contributed by atoms with Crippen LogP contribution in [0.2, 0.25) is 0 Å². The van der Waals surface area contributed by atoms with Crippen molar-refractivity contribution in [2.45, 2.75) is 0 Å². The molecule has 0 aliphatic heterocycles. The van der Waals surface area contributed by atoms with E-state index in [4.69, 9.17) is 4.74 Å². The summed E-state index contributed by atoms with van der Waals surface area (Å²) in [5.41, 5.74) is 0.960. The molecule has 0 unspecified atom stereocenters. The normalized spacial score (nSPS) is 11.2. The molecule has 0 N–H and O–H groups in total. The number of benzene rings is 1. The predicted octanol–water partition coefficient (Wildman–Crippen LogP) is 1.83. The van der Waals surface area contributed by atoms with Crippen molar-refractivity contribution in [1.82, 2.24) is 0 Å². The number of nitrogens with zero attached hydrogens (tertiary/aromatic N) is 2. The van der Waals surface area contributed by atoms with Crippen molar-refractivity contribution < 1.29 is 9.41 Å². The zero-order valence-electron chi connectivity index (χ0n) is 9.08. The molecule has 0 spiro atoms. The molecule has 0 radical (unpaired) electrons. The molecule has 16 heavy (non-hydrogen) atoms. The lowest BCUT2D eigenvalue weighted by Crippen LogP contribution is -2.28. The van der Waals surface area contributed by atoms with Gasteiger partial charge in [0.2, 0.25) is 12.4 Å². The van der Waals surface area contributed by atoms with Gasteiger partial charge in [0.25, 0.3) is 5.90 Å². The van der Waals surface area contributed by atoms with Gasteiger partial charge < -0.3 is 4.74 Å². The van der Waals surface area contributed by atoms with E-state index in [9.17, 15) is 0 Å². The highest BCUT2D eigenvalue weighted by Gasteiger charge is 2.06. The molecule has 0 fully saturated rings. The lowest BCUT2D eigenvalue weighted by molar-refractivity contribution is -0.679. The first-order valence-corrected chi connectivity index (χ1v) is 5.05. The van der Waals surface area contributed by atoms with Gasteiger partial charge in [-0.15, -0.1) is 0 Å². The Kier molecular flexibility index (Phi) is 3.28. The molecular weight excluding hydrogens is 200 g/mol. The lowest BCUT2D eigenvalue weighted by atomic mass is 10.2. The van der Waals surface area contributed by atoms with Crippen LogP contribution in [-0.2, 0) is 4.74 Å². The summed E-state index contributed by atoms with van der Waals surface area (Å²) in [4.78, 5) is 0. The fourth-order valence-corrected chi connectivity index (χ4v) is 1.36. The van der Waals surface area contributed by atoms with Crippen LogP contribution in [0.5, 0.6) is 0 Å². The number of ether oxygens (including phenoxy) is 1. The summed E-state index contributed by atoms with van der Waals surface area (Å²) in [5, 5.41) is 4.36. The molecule has 0 atom stereocenters. The number of rotatable bonds is 2. The summed E-state index contributed by atoms with van der Waals surface area (Å²) in [6.45, 7) is 0. The van der Waals surface area contributed by atoms with E-state index in [-0.39, 0.29) is 0 Å². The van der Waals surface area contributed by atoms with Gasteiger partial charge in [-0.3, -0.25) is 0 Å². The van der Waals surface area contributed by atoms with Crippen LogP contribution in [0.15, 0.2) is 66.0 Å². The van der Waals surface area contributed by atoms with Crippen molar-refractivity contribution in [1.29, 1.82) is 0 Å². The Morgan fingerprint density at radius 3 is 2.25 bits per heavy atom. The van der Waals surface area contributed by atoms with Crippen LogP contribution >= 0.6 is 0 Å². The van der Waals surface area contributed by atoms with Gasteiger partial charge in [0.15, 0.2) is 0 Å². The molecule has 3 heteroatoms. The molecular formula is C13H13N2O+. The monoisotopic (exact) mass is 213 g/mol. The van der Waals surface area contributed by atoms with E-state index in [1.54, 1.807) is 11.8 Å². The van der Waals surface area contributed by atoms with Crippen LogP contribution in [0, 0.1) is 0 Å². The second kappa shape index (κ2) is 5.07. The van der Waals surface area contributed by atoms with Crippen molar-refractivity contribution in [3.8, 4) is 0 Å². The van der Waals surface area contributed by atoms with E-state index in [1.807, 2.05) is 60.9 Å². The topological polar surface area (TPSA) is 25.5 Å². The van der Waals surface area contributed by atoms with Gasteiger partial charge in [-0.1, -0.05) is 28.9 Å². The molecule has 2 aromatic rings. The highest BCUT2D eigenvalue weighted by molar-refractivity contribution is 5.93. The fraction of sp³-hybridized carbons (Fsp3) is 0.0769. The molecule has 1 aromatic carbocycles. The Labute approximate surface area is 94.6 Å². The number of aromatic nitrogens is 1. The van der Waals surface area contributed by atoms with Crippen molar-refractivity contribution in [3.05, 3.63) is 66.5 Å². The second-order valence-corrected chi connectivity index (χ2v) is 3.23. The Bertz CT molecular complexity index is 466. The molecule has 0 amide bonds. The summed E-state index contributed by atoms with van der Waals surface area (Å²) in [5.74, 6) is 0.594. The molecule has 0 aliphatic rings. The maximum atomic E-state index is 5.27. The standard InChI is InChI=1S/C13H13N2O/c1-16-13(12-8-4-2-5-9-12)14-15-10-6-3-7-11-15/h2-11H,1H3/q+1/b14-13-. The third kappa shape index (κ3) is 2.45.